The van der Waals surface area contributed by atoms with Crippen LogP contribution >= 0.6 is 0 Å². The molecule has 1 atom stereocenters. The largest absolute Gasteiger partial charge is 0.378 e. The van der Waals surface area contributed by atoms with E-state index in [0.29, 0.717) is 12.4 Å². The number of anilines is 5. The zero-order valence-electron chi connectivity index (χ0n) is 19.6. The SMILES string of the molecule is CC1CCCCN1c1ncnc(N)c1[N+](=O)[O-].Nc1ncnc(N2CCc3ccccc32)c1[N+](=O)[O-]. The van der Waals surface area contributed by atoms with Crippen molar-refractivity contribution in [1.29, 1.82) is 0 Å². The van der Waals surface area contributed by atoms with Gasteiger partial charge in [0.15, 0.2) is 0 Å². The van der Waals surface area contributed by atoms with Gasteiger partial charge in [0.25, 0.3) is 0 Å². The molecule has 4 heterocycles. The van der Waals surface area contributed by atoms with Crippen molar-refractivity contribution < 1.29 is 9.85 Å². The second-order valence-electron chi connectivity index (χ2n) is 8.45. The molecule has 0 amide bonds. The fourth-order valence-electron chi connectivity index (χ4n) is 4.49. The number of fused-ring (bicyclic) bond motifs is 1. The van der Waals surface area contributed by atoms with Gasteiger partial charge in [-0.3, -0.25) is 20.2 Å². The molecule has 2 aliphatic heterocycles. The Balaban J connectivity index is 0.000000170. The van der Waals surface area contributed by atoms with Gasteiger partial charge in [0.05, 0.1) is 9.85 Å². The van der Waals surface area contributed by atoms with Crippen LogP contribution in [0.15, 0.2) is 36.9 Å². The van der Waals surface area contributed by atoms with E-state index in [2.05, 4.69) is 19.9 Å². The maximum Gasteiger partial charge on any atom is 0.353 e. The van der Waals surface area contributed by atoms with Crippen LogP contribution in [0.1, 0.15) is 31.7 Å². The van der Waals surface area contributed by atoms with E-state index in [1.807, 2.05) is 41.0 Å². The second-order valence-corrected chi connectivity index (χ2v) is 8.45. The van der Waals surface area contributed by atoms with Gasteiger partial charge in [-0.1, -0.05) is 18.2 Å². The van der Waals surface area contributed by atoms with Gasteiger partial charge < -0.3 is 21.3 Å². The Hall–Kier alpha value is -4.62. The van der Waals surface area contributed by atoms with Gasteiger partial charge >= 0.3 is 11.4 Å². The third-order valence-corrected chi connectivity index (χ3v) is 6.25. The highest BCUT2D eigenvalue weighted by molar-refractivity contribution is 5.77. The molecule has 1 saturated heterocycles. The molecule has 0 spiro atoms. The summed E-state index contributed by atoms with van der Waals surface area (Å²) in [6.45, 7) is 3.47. The number of hydrogen-bond donors (Lipinski definition) is 2. The van der Waals surface area contributed by atoms with Crippen LogP contribution in [0.2, 0.25) is 0 Å². The molecule has 0 aliphatic carbocycles. The van der Waals surface area contributed by atoms with E-state index >= 15 is 0 Å². The van der Waals surface area contributed by atoms with Crippen LogP contribution < -0.4 is 21.3 Å². The van der Waals surface area contributed by atoms with Gasteiger partial charge in [-0.15, -0.1) is 0 Å². The first-order valence-electron chi connectivity index (χ1n) is 11.4. The minimum Gasteiger partial charge on any atom is -0.378 e. The van der Waals surface area contributed by atoms with Gasteiger partial charge in [0, 0.05) is 24.8 Å². The lowest BCUT2D eigenvalue weighted by atomic mass is 10.0. The first-order chi connectivity index (χ1) is 17.3. The van der Waals surface area contributed by atoms with Crippen molar-refractivity contribution in [2.24, 2.45) is 0 Å². The maximum atomic E-state index is 11.1. The van der Waals surface area contributed by atoms with E-state index in [1.165, 1.54) is 12.7 Å². The van der Waals surface area contributed by atoms with Gasteiger partial charge in [0.1, 0.15) is 12.7 Å². The average molecular weight is 495 g/mol. The number of nitro groups is 2. The number of rotatable bonds is 4. The molecule has 14 nitrogen and oxygen atoms in total. The quantitative estimate of drug-likeness (QED) is 0.398. The van der Waals surface area contributed by atoms with E-state index in [9.17, 15) is 20.2 Å². The smallest absolute Gasteiger partial charge is 0.353 e. The van der Waals surface area contributed by atoms with Crippen molar-refractivity contribution in [1.82, 2.24) is 19.9 Å². The van der Waals surface area contributed by atoms with Crippen LogP contribution in [0.4, 0.5) is 40.3 Å². The number of aromatic nitrogens is 4. The van der Waals surface area contributed by atoms with Crippen molar-refractivity contribution in [3.63, 3.8) is 0 Å². The van der Waals surface area contributed by atoms with Gasteiger partial charge in [-0.2, -0.15) is 0 Å². The standard InChI is InChI=1S/C12H11N5O2.C10H15N5O2/c13-11-10(17(18)19)12(15-7-14-11)16-6-5-8-3-1-2-4-9(8)16;1-7-4-2-3-5-14(7)10-8(15(16)17)9(11)12-6-13-10/h1-4,7H,5-6H2,(H2,13,14,15);6-7H,2-5H2,1H3,(H2,11,12,13). The van der Waals surface area contributed by atoms with Crippen LogP contribution in [0.3, 0.4) is 0 Å². The lowest BCUT2D eigenvalue weighted by molar-refractivity contribution is -0.383. The Bertz CT molecular complexity index is 1290. The fourth-order valence-corrected chi connectivity index (χ4v) is 4.49. The first-order valence-corrected chi connectivity index (χ1v) is 11.4. The van der Waals surface area contributed by atoms with E-state index in [4.69, 9.17) is 11.5 Å². The molecule has 36 heavy (non-hydrogen) atoms. The van der Waals surface area contributed by atoms with E-state index in [-0.39, 0.29) is 34.9 Å². The maximum absolute atomic E-state index is 11.1. The summed E-state index contributed by atoms with van der Waals surface area (Å²) in [6, 6.07) is 8.02. The van der Waals surface area contributed by atoms with Crippen LogP contribution in [0.25, 0.3) is 0 Å². The molecule has 0 bridgehead atoms. The summed E-state index contributed by atoms with van der Waals surface area (Å²) in [5, 5.41) is 22.1. The molecule has 0 saturated carbocycles. The number of nitrogens with two attached hydrogens (primary N) is 2. The van der Waals surface area contributed by atoms with Crippen LogP contribution in [0, 0.1) is 20.2 Å². The number of nitrogen functional groups attached to an aromatic ring is 2. The summed E-state index contributed by atoms with van der Waals surface area (Å²) < 4.78 is 0. The topological polar surface area (TPSA) is 196 Å². The number of hydrogen-bond acceptors (Lipinski definition) is 12. The average Bonchev–Trinajstić information content (AvgIpc) is 3.28. The van der Waals surface area contributed by atoms with Crippen molar-refractivity contribution in [2.75, 3.05) is 34.4 Å². The summed E-state index contributed by atoms with van der Waals surface area (Å²) in [7, 11) is 0. The number of piperidine rings is 1. The van der Waals surface area contributed by atoms with Gasteiger partial charge in [-0.05, 0) is 44.2 Å². The molecule has 4 N–H and O–H groups in total. The summed E-state index contributed by atoms with van der Waals surface area (Å²) in [5.74, 6) is 0.411. The number of nitrogens with zero attached hydrogens (tertiary/aromatic N) is 8. The predicted octanol–water partition coefficient (Wildman–Crippen LogP) is 3.01. The Labute approximate surface area is 206 Å². The summed E-state index contributed by atoms with van der Waals surface area (Å²) >= 11 is 0. The molecule has 2 aromatic heterocycles. The molecular weight excluding hydrogens is 468 g/mol. The van der Waals surface area contributed by atoms with Gasteiger partial charge in [-0.25, -0.2) is 19.9 Å². The Kier molecular flexibility index (Phi) is 7.03. The molecular formula is C22H26N10O4. The van der Waals surface area contributed by atoms with Crippen molar-refractivity contribution in [2.45, 2.75) is 38.6 Å². The highest BCUT2D eigenvalue weighted by Gasteiger charge is 2.31. The predicted molar refractivity (Wildman–Crippen MR) is 134 cm³/mol. The zero-order valence-corrected chi connectivity index (χ0v) is 19.6. The Morgan fingerprint density at radius 3 is 2.14 bits per heavy atom. The minimum absolute atomic E-state index is 0.0715. The Morgan fingerprint density at radius 1 is 0.889 bits per heavy atom. The zero-order chi connectivity index (χ0) is 25.8. The molecule has 188 valence electrons. The monoisotopic (exact) mass is 494 g/mol. The molecule has 1 fully saturated rings. The minimum atomic E-state index is -0.536. The van der Waals surface area contributed by atoms with Crippen molar-refractivity contribution in [3.8, 4) is 0 Å². The van der Waals surface area contributed by atoms with Gasteiger partial charge in [0.2, 0.25) is 23.3 Å². The second kappa shape index (κ2) is 10.3. The lowest BCUT2D eigenvalue weighted by Gasteiger charge is -2.33. The normalized spacial score (nSPS) is 16.6. The Morgan fingerprint density at radius 2 is 1.50 bits per heavy atom. The van der Waals surface area contributed by atoms with E-state index < -0.39 is 9.85 Å². The highest BCUT2D eigenvalue weighted by atomic mass is 16.6. The molecule has 0 radical (unpaired) electrons. The molecule has 1 aromatic carbocycles. The third-order valence-electron chi connectivity index (χ3n) is 6.25. The first kappa shape index (κ1) is 24.5. The molecule has 2 aliphatic rings. The number of benzene rings is 1. The van der Waals surface area contributed by atoms with E-state index in [1.54, 1.807) is 0 Å². The lowest BCUT2D eigenvalue weighted by Crippen LogP contribution is -2.38. The van der Waals surface area contributed by atoms with Crippen LogP contribution in [-0.4, -0.2) is 48.9 Å². The van der Waals surface area contributed by atoms with E-state index in [0.717, 1.165) is 43.5 Å². The number of para-hydroxylation sites is 1. The highest BCUT2D eigenvalue weighted by Crippen LogP contribution is 2.39. The van der Waals surface area contributed by atoms with Crippen molar-refractivity contribution >= 4 is 40.3 Å². The molecule has 3 aromatic rings. The fraction of sp³-hybridized carbons (Fsp3) is 0.364. The van der Waals surface area contributed by atoms with Crippen LogP contribution in [0.5, 0.6) is 0 Å². The molecule has 5 rings (SSSR count). The van der Waals surface area contributed by atoms with Crippen molar-refractivity contribution in [3.05, 3.63) is 62.7 Å². The summed E-state index contributed by atoms with van der Waals surface area (Å²) in [6.07, 6.45) is 6.54. The third kappa shape index (κ3) is 4.78. The van der Waals surface area contributed by atoms with Crippen LogP contribution in [-0.2, 0) is 6.42 Å². The molecule has 1 unspecified atom stereocenters. The molecule has 14 heteroatoms. The summed E-state index contributed by atoms with van der Waals surface area (Å²) in [4.78, 5) is 40.3. The summed E-state index contributed by atoms with van der Waals surface area (Å²) in [5.41, 5.74) is 12.8.